The fourth-order valence-corrected chi connectivity index (χ4v) is 5.06. The van der Waals surface area contributed by atoms with Crippen LogP contribution in [0.4, 0.5) is 5.69 Å². The van der Waals surface area contributed by atoms with Gasteiger partial charge in [0.2, 0.25) is 6.41 Å². The molecule has 0 aliphatic carbocycles. The van der Waals surface area contributed by atoms with Gasteiger partial charge in [0.25, 0.3) is 0 Å². The van der Waals surface area contributed by atoms with E-state index in [9.17, 15) is 0 Å². The Bertz CT molecular complexity index is 912. The maximum absolute atomic E-state index is 8.58. The summed E-state index contributed by atoms with van der Waals surface area (Å²) in [5.74, 6) is 1.81. The van der Waals surface area contributed by atoms with Gasteiger partial charge in [-0.05, 0) is 100.0 Å². The summed E-state index contributed by atoms with van der Waals surface area (Å²) < 4.78 is 11.1. The van der Waals surface area contributed by atoms with E-state index in [2.05, 4.69) is 52.8 Å². The van der Waals surface area contributed by atoms with Crippen molar-refractivity contribution in [1.29, 1.82) is 0 Å². The van der Waals surface area contributed by atoms with E-state index in [1.54, 1.807) is 0 Å². The van der Waals surface area contributed by atoms with E-state index in [-0.39, 0.29) is 6.41 Å². The zero-order valence-corrected chi connectivity index (χ0v) is 21.8. The molecule has 7 heteroatoms. The highest BCUT2D eigenvalue weighted by atomic mass is 35.5. The molecule has 0 radical (unpaired) electrons. The van der Waals surface area contributed by atoms with E-state index in [1.165, 1.54) is 68.6 Å². The van der Waals surface area contributed by atoms with Crippen molar-refractivity contribution in [3.63, 3.8) is 0 Å². The number of carbonyl (C=O) groups is 1. The molecule has 192 valence electrons. The molecule has 0 aromatic heterocycles. The monoisotopic (exact) mass is 501 g/mol. The lowest BCUT2D eigenvalue weighted by molar-refractivity contribution is -0.106. The fraction of sp³-hybridized carbons (Fsp3) is 0.536. The summed E-state index contributed by atoms with van der Waals surface area (Å²) in [5.41, 5.74) is 8.05. The first kappa shape index (κ1) is 27.2. The third-order valence-corrected chi connectivity index (χ3v) is 6.91. The maximum atomic E-state index is 8.58. The molecule has 6 nitrogen and oxygen atoms in total. The van der Waals surface area contributed by atoms with E-state index in [0.29, 0.717) is 13.2 Å². The second-order valence-electron chi connectivity index (χ2n) is 9.10. The van der Waals surface area contributed by atoms with Crippen molar-refractivity contribution in [3.05, 3.63) is 52.5 Å². The minimum atomic E-state index is 0.250. The molecule has 0 saturated carbocycles. The Labute approximate surface area is 215 Å². The Hall–Kier alpha value is -2.44. The molecule has 2 N–H and O–H groups in total. The van der Waals surface area contributed by atoms with Gasteiger partial charge in [-0.1, -0.05) is 30.7 Å². The summed E-state index contributed by atoms with van der Waals surface area (Å²) >= 11 is 6.25. The number of hydrogen-bond donors (Lipinski definition) is 1. The number of likely N-dealkylation sites (tertiary alicyclic amines) is 1. The van der Waals surface area contributed by atoms with E-state index in [1.807, 2.05) is 6.07 Å². The highest BCUT2D eigenvalue weighted by molar-refractivity contribution is 6.33. The van der Waals surface area contributed by atoms with Crippen LogP contribution < -0.4 is 20.1 Å². The third kappa shape index (κ3) is 8.62. The normalized spacial score (nSPS) is 16.7. The van der Waals surface area contributed by atoms with Crippen LogP contribution in [0.15, 0.2) is 36.4 Å². The van der Waals surface area contributed by atoms with Crippen molar-refractivity contribution < 1.29 is 14.3 Å². The number of primary amides is 1. The zero-order valence-electron chi connectivity index (χ0n) is 21.0. The molecule has 0 bridgehead atoms. The first-order valence-electron chi connectivity index (χ1n) is 12.9. The summed E-state index contributed by atoms with van der Waals surface area (Å²) in [6.45, 7) is 9.62. The van der Waals surface area contributed by atoms with Crippen LogP contribution in [0.1, 0.15) is 50.2 Å². The minimum Gasteiger partial charge on any atom is -0.486 e. The number of benzene rings is 2. The quantitative estimate of drug-likeness (QED) is 0.558. The number of amides is 1. The van der Waals surface area contributed by atoms with Crippen molar-refractivity contribution in [3.8, 4) is 11.5 Å². The first-order valence-corrected chi connectivity index (χ1v) is 13.3. The molecule has 0 atom stereocenters. The molecule has 2 aromatic carbocycles. The van der Waals surface area contributed by atoms with Gasteiger partial charge in [0.1, 0.15) is 13.2 Å². The Morgan fingerprint density at radius 2 is 1.54 bits per heavy atom. The molecular weight excluding hydrogens is 462 g/mol. The average Bonchev–Trinajstić information content (AvgIpc) is 3.60. The van der Waals surface area contributed by atoms with Gasteiger partial charge in [-0.3, -0.25) is 4.79 Å². The Morgan fingerprint density at radius 3 is 2.20 bits per heavy atom. The van der Waals surface area contributed by atoms with Gasteiger partial charge < -0.3 is 25.0 Å². The molecule has 0 unspecified atom stereocenters. The van der Waals surface area contributed by atoms with Gasteiger partial charge in [0.15, 0.2) is 11.5 Å². The smallest absolute Gasteiger partial charge is 0.204 e. The zero-order chi connectivity index (χ0) is 24.9. The number of anilines is 1. The van der Waals surface area contributed by atoms with Crippen LogP contribution in [-0.2, 0) is 17.6 Å². The molecule has 2 fully saturated rings. The minimum absolute atomic E-state index is 0.250. The lowest BCUT2D eigenvalue weighted by atomic mass is 10.1. The number of halogens is 1. The molecule has 5 rings (SSSR count). The van der Waals surface area contributed by atoms with E-state index in [4.69, 9.17) is 25.9 Å². The average molecular weight is 502 g/mol. The highest BCUT2D eigenvalue weighted by Crippen LogP contribution is 2.31. The first-order chi connectivity index (χ1) is 17.1. The summed E-state index contributed by atoms with van der Waals surface area (Å²) in [6, 6.07) is 12.8. The van der Waals surface area contributed by atoms with Gasteiger partial charge >= 0.3 is 0 Å². The van der Waals surface area contributed by atoms with Gasteiger partial charge in [0.05, 0.1) is 10.7 Å². The standard InChI is InChI=1S/C15H21NO2.C12H16ClN.CH3NO/c1-2-8-16(7-1)9-3-4-13-5-6-14-15(12-13)18-11-10-17-14;1-2-10-5-6-12(11(13)9-10)14-7-3-4-8-14;2-1-3/h5-6,12H,1-4,7-11H2;5-6,9H,2-4,7-8H2,1H3;1H,(H2,2,3). The molecule has 0 spiro atoms. The lowest BCUT2D eigenvalue weighted by Crippen LogP contribution is -2.20. The number of aryl methyl sites for hydroxylation is 2. The number of rotatable bonds is 6. The Balaban J connectivity index is 0.000000181. The molecule has 1 amide bonds. The summed E-state index contributed by atoms with van der Waals surface area (Å²) in [7, 11) is 0. The van der Waals surface area contributed by atoms with Crippen LogP contribution in [0.25, 0.3) is 0 Å². The molecule has 3 aliphatic heterocycles. The third-order valence-electron chi connectivity index (χ3n) is 6.61. The van der Waals surface area contributed by atoms with Crippen LogP contribution in [-0.4, -0.2) is 57.2 Å². The number of ether oxygens (including phenoxy) is 2. The van der Waals surface area contributed by atoms with Crippen molar-refractivity contribution >= 4 is 23.7 Å². The van der Waals surface area contributed by atoms with Crippen LogP contribution >= 0.6 is 11.6 Å². The number of hydrogen-bond acceptors (Lipinski definition) is 5. The Morgan fingerprint density at radius 1 is 0.914 bits per heavy atom. The SMILES string of the molecule is CCc1ccc(N2CCCC2)c(Cl)c1.NC=O.c1cc2c(cc1CCCN1CCCC1)OCCO2. The number of nitrogens with two attached hydrogens (primary N) is 1. The lowest BCUT2D eigenvalue weighted by Gasteiger charge is -2.19. The predicted molar refractivity (Wildman–Crippen MR) is 144 cm³/mol. The predicted octanol–water partition coefficient (Wildman–Crippen LogP) is 5.09. The van der Waals surface area contributed by atoms with Gasteiger partial charge in [-0.2, -0.15) is 0 Å². The second kappa shape index (κ2) is 14.8. The molecule has 3 aliphatic rings. The molecule has 2 aromatic rings. The number of nitrogens with zero attached hydrogens (tertiary/aromatic N) is 2. The number of fused-ring (bicyclic) bond motifs is 1. The van der Waals surface area contributed by atoms with Crippen molar-refractivity contribution in [1.82, 2.24) is 4.90 Å². The van der Waals surface area contributed by atoms with Crippen LogP contribution in [0.3, 0.4) is 0 Å². The van der Waals surface area contributed by atoms with E-state index in [0.717, 1.165) is 42.5 Å². The molecular formula is C28H40ClN3O3. The highest BCUT2D eigenvalue weighted by Gasteiger charge is 2.15. The topological polar surface area (TPSA) is 68.0 Å². The van der Waals surface area contributed by atoms with Crippen molar-refractivity contribution in [2.24, 2.45) is 5.73 Å². The van der Waals surface area contributed by atoms with Crippen molar-refractivity contribution in [2.75, 3.05) is 50.8 Å². The second-order valence-corrected chi connectivity index (χ2v) is 9.51. The van der Waals surface area contributed by atoms with Gasteiger partial charge in [-0.25, -0.2) is 0 Å². The van der Waals surface area contributed by atoms with Crippen LogP contribution in [0.5, 0.6) is 11.5 Å². The molecule has 3 heterocycles. The largest absolute Gasteiger partial charge is 0.486 e. The summed E-state index contributed by atoms with van der Waals surface area (Å²) in [5, 5.41) is 0.909. The molecule has 2 saturated heterocycles. The number of carbonyl (C=O) groups excluding carboxylic acids is 1. The summed E-state index contributed by atoms with van der Waals surface area (Å²) in [4.78, 5) is 13.5. The fourth-order valence-electron chi connectivity index (χ4n) is 4.74. The van der Waals surface area contributed by atoms with Gasteiger partial charge in [-0.15, -0.1) is 0 Å². The van der Waals surface area contributed by atoms with Gasteiger partial charge in [0, 0.05) is 13.1 Å². The maximum Gasteiger partial charge on any atom is 0.204 e. The molecule has 35 heavy (non-hydrogen) atoms. The van der Waals surface area contributed by atoms with Crippen LogP contribution in [0, 0.1) is 0 Å². The van der Waals surface area contributed by atoms with Crippen molar-refractivity contribution in [2.45, 2.75) is 51.9 Å². The van der Waals surface area contributed by atoms with Crippen LogP contribution in [0.2, 0.25) is 5.02 Å². The Kier molecular flexibility index (Phi) is 11.5. The van der Waals surface area contributed by atoms with E-state index < -0.39 is 0 Å². The van der Waals surface area contributed by atoms with E-state index >= 15 is 0 Å². The summed E-state index contributed by atoms with van der Waals surface area (Å²) in [6.07, 6.45) is 9.03.